The molecule has 0 saturated heterocycles. The normalized spacial score (nSPS) is 11.9. The molecular weight excluding hydrogens is 438 g/mol. The third-order valence-electron chi connectivity index (χ3n) is 5.07. The first kappa shape index (κ1) is 24.0. The van der Waals surface area contributed by atoms with E-state index in [1.165, 1.54) is 0 Å². The van der Waals surface area contributed by atoms with Crippen LogP contribution in [0.3, 0.4) is 0 Å². The van der Waals surface area contributed by atoms with Crippen molar-refractivity contribution in [1.82, 2.24) is 5.32 Å². The smallest absolute Gasteiger partial charge is 0.253 e. The van der Waals surface area contributed by atoms with Gasteiger partial charge in [-0.25, -0.2) is 8.42 Å². The largest absolute Gasteiger partial charge is 0.348 e. The third-order valence-corrected chi connectivity index (χ3v) is 6.25. The predicted octanol–water partition coefficient (Wildman–Crippen LogP) is 3.80. The van der Waals surface area contributed by atoms with Crippen LogP contribution in [-0.2, 0) is 21.4 Å². The highest BCUT2D eigenvalue weighted by Gasteiger charge is 2.32. The highest BCUT2D eigenvalue weighted by atomic mass is 32.2. The number of benzene rings is 3. The number of hydrogen-bond acceptors (Lipinski definition) is 4. The van der Waals surface area contributed by atoms with E-state index < -0.39 is 22.0 Å². The molecule has 3 aromatic carbocycles. The molecule has 0 spiro atoms. The third kappa shape index (κ3) is 6.20. The molecule has 172 valence electrons. The van der Waals surface area contributed by atoms with Crippen LogP contribution in [0.2, 0.25) is 0 Å². The van der Waals surface area contributed by atoms with Gasteiger partial charge >= 0.3 is 0 Å². The number of sulfonamides is 1. The Morgan fingerprint density at radius 1 is 0.879 bits per heavy atom. The van der Waals surface area contributed by atoms with Crippen molar-refractivity contribution in [1.29, 1.82) is 0 Å². The van der Waals surface area contributed by atoms with Gasteiger partial charge in [0.05, 0.1) is 23.2 Å². The van der Waals surface area contributed by atoms with Crippen LogP contribution in [0.25, 0.3) is 0 Å². The van der Waals surface area contributed by atoms with Crippen LogP contribution in [0.1, 0.15) is 29.3 Å². The van der Waals surface area contributed by atoms with Crippen LogP contribution in [0.4, 0.5) is 11.4 Å². The van der Waals surface area contributed by atoms with Gasteiger partial charge in [-0.3, -0.25) is 13.9 Å². The topological polar surface area (TPSA) is 95.6 Å². The predicted molar refractivity (Wildman–Crippen MR) is 131 cm³/mol. The second-order valence-electron chi connectivity index (χ2n) is 7.52. The van der Waals surface area contributed by atoms with Gasteiger partial charge in [0.1, 0.15) is 6.04 Å². The molecular formula is C25H27N3O4S. The Bertz CT molecular complexity index is 1200. The van der Waals surface area contributed by atoms with E-state index in [0.29, 0.717) is 23.5 Å². The standard InChI is InChI=1S/C25H27N3O4S/c1-3-23(28(33(2,31)32)20-14-8-5-9-15-20)25(30)27-22-17-11-10-16-21(22)24(29)26-18-19-12-6-4-7-13-19/h4-17,23H,3,18H2,1-2H3,(H,26,29)(H,27,30). The number of anilines is 2. The minimum Gasteiger partial charge on any atom is -0.348 e. The lowest BCUT2D eigenvalue weighted by atomic mass is 10.1. The summed E-state index contributed by atoms with van der Waals surface area (Å²) < 4.78 is 26.2. The molecule has 2 N–H and O–H groups in total. The number of carbonyl (C=O) groups excluding carboxylic acids is 2. The van der Waals surface area contributed by atoms with Gasteiger partial charge in [0.25, 0.3) is 5.91 Å². The molecule has 0 aliphatic carbocycles. The highest BCUT2D eigenvalue weighted by molar-refractivity contribution is 7.92. The summed E-state index contributed by atoms with van der Waals surface area (Å²) in [5, 5.41) is 5.61. The monoisotopic (exact) mass is 465 g/mol. The van der Waals surface area contributed by atoms with Gasteiger partial charge in [0.2, 0.25) is 15.9 Å². The Morgan fingerprint density at radius 3 is 2.06 bits per heavy atom. The zero-order valence-electron chi connectivity index (χ0n) is 18.6. The van der Waals surface area contributed by atoms with Crippen LogP contribution >= 0.6 is 0 Å². The van der Waals surface area contributed by atoms with Gasteiger partial charge in [0.15, 0.2) is 0 Å². The lowest BCUT2D eigenvalue weighted by Gasteiger charge is -2.30. The molecule has 3 aromatic rings. The van der Waals surface area contributed by atoms with Crippen molar-refractivity contribution in [2.45, 2.75) is 25.9 Å². The summed E-state index contributed by atoms with van der Waals surface area (Å²) in [6, 6.07) is 23.6. The average Bonchev–Trinajstić information content (AvgIpc) is 2.81. The van der Waals surface area contributed by atoms with E-state index >= 15 is 0 Å². The highest BCUT2D eigenvalue weighted by Crippen LogP contribution is 2.24. The zero-order chi connectivity index (χ0) is 23.8. The van der Waals surface area contributed by atoms with E-state index in [9.17, 15) is 18.0 Å². The van der Waals surface area contributed by atoms with E-state index in [1.807, 2.05) is 30.3 Å². The van der Waals surface area contributed by atoms with Crippen molar-refractivity contribution >= 4 is 33.2 Å². The van der Waals surface area contributed by atoms with Gasteiger partial charge in [-0.2, -0.15) is 0 Å². The van der Waals surface area contributed by atoms with E-state index in [1.54, 1.807) is 61.5 Å². The molecule has 1 atom stereocenters. The minimum absolute atomic E-state index is 0.246. The van der Waals surface area contributed by atoms with Crippen molar-refractivity contribution in [3.63, 3.8) is 0 Å². The first-order chi connectivity index (χ1) is 15.8. The van der Waals surface area contributed by atoms with Crippen molar-refractivity contribution in [3.8, 4) is 0 Å². The molecule has 0 bridgehead atoms. The molecule has 0 fully saturated rings. The molecule has 7 nitrogen and oxygen atoms in total. The maximum atomic E-state index is 13.2. The van der Waals surface area contributed by atoms with Gasteiger partial charge in [-0.1, -0.05) is 67.6 Å². The molecule has 0 saturated carbocycles. The van der Waals surface area contributed by atoms with Crippen LogP contribution in [0.5, 0.6) is 0 Å². The maximum absolute atomic E-state index is 13.2. The number of nitrogens with one attached hydrogen (secondary N) is 2. The van der Waals surface area contributed by atoms with E-state index in [4.69, 9.17) is 0 Å². The van der Waals surface area contributed by atoms with Gasteiger partial charge < -0.3 is 10.6 Å². The van der Waals surface area contributed by atoms with Crippen LogP contribution in [-0.4, -0.2) is 32.5 Å². The first-order valence-electron chi connectivity index (χ1n) is 10.6. The molecule has 0 radical (unpaired) electrons. The molecule has 33 heavy (non-hydrogen) atoms. The number of para-hydroxylation sites is 2. The van der Waals surface area contributed by atoms with Crippen molar-refractivity contribution < 1.29 is 18.0 Å². The molecule has 1 unspecified atom stereocenters. The Kier molecular flexibility index (Phi) is 7.84. The van der Waals surface area contributed by atoms with Gasteiger partial charge in [-0.05, 0) is 36.2 Å². The van der Waals surface area contributed by atoms with Crippen molar-refractivity contribution in [2.24, 2.45) is 0 Å². The van der Waals surface area contributed by atoms with E-state index in [-0.39, 0.29) is 12.3 Å². The number of nitrogens with zero attached hydrogens (tertiary/aromatic N) is 1. The fourth-order valence-corrected chi connectivity index (χ4v) is 4.73. The lowest BCUT2D eigenvalue weighted by molar-refractivity contribution is -0.117. The fraction of sp³-hybridized carbons (Fsp3) is 0.200. The van der Waals surface area contributed by atoms with Crippen LogP contribution in [0.15, 0.2) is 84.9 Å². The van der Waals surface area contributed by atoms with Crippen molar-refractivity contribution in [2.75, 3.05) is 15.9 Å². The van der Waals surface area contributed by atoms with Crippen LogP contribution < -0.4 is 14.9 Å². The molecule has 3 rings (SSSR count). The number of carbonyl (C=O) groups is 2. The van der Waals surface area contributed by atoms with E-state index in [0.717, 1.165) is 16.1 Å². The number of hydrogen-bond donors (Lipinski definition) is 2. The molecule has 8 heteroatoms. The molecule has 0 aliphatic rings. The second-order valence-corrected chi connectivity index (χ2v) is 9.38. The summed E-state index contributed by atoms with van der Waals surface area (Å²) in [6.45, 7) is 2.08. The maximum Gasteiger partial charge on any atom is 0.253 e. The minimum atomic E-state index is -3.74. The Balaban J connectivity index is 1.82. The lowest BCUT2D eigenvalue weighted by Crippen LogP contribution is -2.47. The van der Waals surface area contributed by atoms with Crippen LogP contribution in [0, 0.1) is 0 Å². The molecule has 0 heterocycles. The SMILES string of the molecule is CCC(C(=O)Nc1ccccc1C(=O)NCc1ccccc1)N(c1ccccc1)S(C)(=O)=O. The molecule has 0 aliphatic heterocycles. The van der Waals surface area contributed by atoms with Gasteiger partial charge in [0, 0.05) is 6.54 Å². The van der Waals surface area contributed by atoms with Crippen molar-refractivity contribution in [3.05, 3.63) is 96.1 Å². The first-order valence-corrected chi connectivity index (χ1v) is 12.4. The summed E-state index contributed by atoms with van der Waals surface area (Å²) in [4.78, 5) is 26.0. The summed E-state index contributed by atoms with van der Waals surface area (Å²) in [5.74, 6) is -0.860. The second kappa shape index (κ2) is 10.8. The Morgan fingerprint density at radius 2 is 1.45 bits per heavy atom. The zero-order valence-corrected chi connectivity index (χ0v) is 19.4. The van der Waals surface area contributed by atoms with E-state index in [2.05, 4.69) is 10.6 Å². The molecule has 2 amide bonds. The fourth-order valence-electron chi connectivity index (χ4n) is 3.51. The number of rotatable bonds is 9. The number of amides is 2. The summed E-state index contributed by atoms with van der Waals surface area (Å²) in [5.41, 5.74) is 1.95. The Hall–Kier alpha value is -3.65. The Labute approximate surface area is 194 Å². The molecule has 0 aromatic heterocycles. The summed E-state index contributed by atoms with van der Waals surface area (Å²) >= 11 is 0. The average molecular weight is 466 g/mol. The quantitative estimate of drug-likeness (QED) is 0.502. The summed E-state index contributed by atoms with van der Waals surface area (Å²) in [6.07, 6.45) is 1.32. The summed E-state index contributed by atoms with van der Waals surface area (Å²) in [7, 11) is -3.74. The van der Waals surface area contributed by atoms with Gasteiger partial charge in [-0.15, -0.1) is 0 Å².